The number of aliphatic hydroxyl groups excluding tert-OH is 3. The molecule has 0 aliphatic carbocycles. The van der Waals surface area contributed by atoms with Gasteiger partial charge in [-0.3, -0.25) is 14.9 Å². The van der Waals surface area contributed by atoms with Crippen molar-refractivity contribution in [1.29, 1.82) is 0 Å². The van der Waals surface area contributed by atoms with E-state index in [2.05, 4.69) is 16.0 Å². The zero-order valence-electron chi connectivity index (χ0n) is 9.27. The monoisotopic (exact) mass is 247 g/mol. The first-order valence-corrected chi connectivity index (χ1v) is 5.21. The van der Waals surface area contributed by atoms with E-state index in [1.54, 1.807) is 0 Å². The fraction of sp³-hybridized carbons (Fsp3) is 0.778. The van der Waals surface area contributed by atoms with Gasteiger partial charge in [0, 0.05) is 6.54 Å². The summed E-state index contributed by atoms with van der Waals surface area (Å²) in [5, 5.41) is 34.7. The van der Waals surface area contributed by atoms with Gasteiger partial charge in [0.05, 0.1) is 26.4 Å². The largest absolute Gasteiger partial charge is 0.394 e. The molecule has 1 saturated heterocycles. The highest BCUT2D eigenvalue weighted by atomic mass is 16.3. The zero-order valence-corrected chi connectivity index (χ0v) is 9.27. The summed E-state index contributed by atoms with van der Waals surface area (Å²) in [6, 6.07) is -0.642. The summed E-state index contributed by atoms with van der Waals surface area (Å²) in [7, 11) is 0. The number of amides is 2. The Morgan fingerprint density at radius 3 is 2.35 bits per heavy atom. The smallest absolute Gasteiger partial charge is 0.239 e. The second kappa shape index (κ2) is 5.92. The van der Waals surface area contributed by atoms with E-state index < -0.39 is 37.3 Å². The lowest BCUT2D eigenvalue weighted by Crippen LogP contribution is -2.64. The summed E-state index contributed by atoms with van der Waals surface area (Å²) in [6.07, 6.45) is 0. The molecule has 6 N–H and O–H groups in total. The number of aliphatic hydroxyl groups is 3. The quantitative estimate of drug-likeness (QED) is 0.293. The third kappa shape index (κ3) is 3.37. The van der Waals surface area contributed by atoms with Gasteiger partial charge in [0.2, 0.25) is 11.8 Å². The second-order valence-corrected chi connectivity index (χ2v) is 3.98. The fourth-order valence-corrected chi connectivity index (χ4v) is 1.37. The van der Waals surface area contributed by atoms with Crippen LogP contribution in [0.2, 0.25) is 0 Å². The van der Waals surface area contributed by atoms with Crippen LogP contribution in [0.3, 0.4) is 0 Å². The molecule has 1 aliphatic heterocycles. The van der Waals surface area contributed by atoms with E-state index in [4.69, 9.17) is 15.3 Å². The van der Waals surface area contributed by atoms with Crippen molar-refractivity contribution in [3.8, 4) is 0 Å². The first-order valence-electron chi connectivity index (χ1n) is 5.21. The van der Waals surface area contributed by atoms with E-state index in [-0.39, 0.29) is 19.0 Å². The van der Waals surface area contributed by atoms with Crippen LogP contribution in [0.4, 0.5) is 0 Å². The molecule has 1 rings (SSSR count). The first-order chi connectivity index (χ1) is 8.06. The normalized spacial score (nSPS) is 20.9. The number of carbonyl (C=O) groups is 2. The van der Waals surface area contributed by atoms with Gasteiger partial charge in [-0.15, -0.1) is 0 Å². The zero-order chi connectivity index (χ0) is 12.9. The Balaban J connectivity index is 2.55. The van der Waals surface area contributed by atoms with Crippen molar-refractivity contribution in [3.05, 3.63) is 0 Å². The summed E-state index contributed by atoms with van der Waals surface area (Å²) >= 11 is 0. The van der Waals surface area contributed by atoms with Gasteiger partial charge in [0.15, 0.2) is 0 Å². The van der Waals surface area contributed by atoms with E-state index in [1.807, 2.05) is 0 Å². The maximum atomic E-state index is 11.7. The molecule has 1 atom stereocenters. The highest BCUT2D eigenvalue weighted by Gasteiger charge is 2.33. The van der Waals surface area contributed by atoms with Crippen LogP contribution in [0.25, 0.3) is 0 Å². The Hall–Kier alpha value is -1.22. The minimum absolute atomic E-state index is 0.0302. The van der Waals surface area contributed by atoms with Crippen molar-refractivity contribution >= 4 is 11.8 Å². The summed E-state index contributed by atoms with van der Waals surface area (Å²) in [6.45, 7) is -1.58. The molecule has 2 amide bonds. The minimum atomic E-state index is -1.44. The summed E-state index contributed by atoms with van der Waals surface area (Å²) in [4.78, 5) is 22.6. The van der Waals surface area contributed by atoms with Crippen molar-refractivity contribution in [2.45, 2.75) is 11.6 Å². The molecule has 1 heterocycles. The molecule has 0 spiro atoms. The Morgan fingerprint density at radius 1 is 1.35 bits per heavy atom. The van der Waals surface area contributed by atoms with Gasteiger partial charge in [0.25, 0.3) is 0 Å². The number of hydrogen-bond donors (Lipinski definition) is 6. The van der Waals surface area contributed by atoms with Crippen LogP contribution in [0, 0.1) is 0 Å². The number of hydrogen-bond acceptors (Lipinski definition) is 6. The molecular formula is C9H17N3O5. The highest BCUT2D eigenvalue weighted by Crippen LogP contribution is 2.02. The molecule has 0 bridgehead atoms. The van der Waals surface area contributed by atoms with Gasteiger partial charge in [-0.2, -0.15) is 0 Å². The molecule has 8 nitrogen and oxygen atoms in total. The fourth-order valence-electron chi connectivity index (χ4n) is 1.37. The SMILES string of the molecule is O=C1CNC(C(=O)NC(CO)(CO)CO)CN1. The summed E-state index contributed by atoms with van der Waals surface area (Å²) in [5.41, 5.74) is -1.44. The van der Waals surface area contributed by atoms with Crippen molar-refractivity contribution in [1.82, 2.24) is 16.0 Å². The molecule has 0 aromatic heterocycles. The lowest BCUT2D eigenvalue weighted by molar-refractivity contribution is -0.129. The topological polar surface area (TPSA) is 131 Å². The van der Waals surface area contributed by atoms with Gasteiger partial charge in [-0.05, 0) is 0 Å². The molecule has 1 fully saturated rings. The minimum Gasteiger partial charge on any atom is -0.394 e. The number of rotatable bonds is 5. The molecule has 0 aromatic rings. The molecule has 8 heteroatoms. The predicted octanol–water partition coefficient (Wildman–Crippen LogP) is -4.09. The van der Waals surface area contributed by atoms with Crippen molar-refractivity contribution in [2.75, 3.05) is 32.9 Å². The van der Waals surface area contributed by atoms with Gasteiger partial charge >= 0.3 is 0 Å². The molecule has 1 unspecified atom stereocenters. The number of piperazine rings is 1. The Labute approximate surface area is 98.0 Å². The van der Waals surface area contributed by atoms with Crippen molar-refractivity contribution < 1.29 is 24.9 Å². The van der Waals surface area contributed by atoms with Gasteiger partial charge in [-0.1, -0.05) is 0 Å². The van der Waals surface area contributed by atoms with Gasteiger partial charge in [-0.25, -0.2) is 0 Å². The van der Waals surface area contributed by atoms with Crippen molar-refractivity contribution in [3.63, 3.8) is 0 Å². The Morgan fingerprint density at radius 2 is 1.94 bits per heavy atom. The summed E-state index contributed by atoms with van der Waals surface area (Å²) in [5.74, 6) is -0.700. The first kappa shape index (κ1) is 13.8. The number of carbonyl (C=O) groups excluding carboxylic acids is 2. The Kier molecular flexibility index (Phi) is 4.82. The van der Waals surface area contributed by atoms with Gasteiger partial charge in [0.1, 0.15) is 11.6 Å². The molecule has 98 valence electrons. The highest BCUT2D eigenvalue weighted by molar-refractivity contribution is 5.87. The van der Waals surface area contributed by atoms with Gasteiger partial charge < -0.3 is 26.0 Å². The molecule has 0 aromatic carbocycles. The maximum absolute atomic E-state index is 11.7. The van der Waals surface area contributed by atoms with E-state index in [9.17, 15) is 9.59 Å². The van der Waals surface area contributed by atoms with E-state index in [0.717, 1.165) is 0 Å². The summed E-state index contributed by atoms with van der Waals surface area (Å²) < 4.78 is 0. The van der Waals surface area contributed by atoms with E-state index >= 15 is 0 Å². The molecular weight excluding hydrogens is 230 g/mol. The van der Waals surface area contributed by atoms with Crippen LogP contribution in [-0.4, -0.2) is 71.6 Å². The maximum Gasteiger partial charge on any atom is 0.239 e. The van der Waals surface area contributed by atoms with Crippen LogP contribution in [0.15, 0.2) is 0 Å². The standard InChI is InChI=1S/C9H17N3O5/c13-3-9(4-14,5-15)12-8(17)6-1-11-7(16)2-10-6/h6,10,13-15H,1-5H2,(H,11,16)(H,12,17). The van der Waals surface area contributed by atoms with Crippen LogP contribution in [-0.2, 0) is 9.59 Å². The molecule has 1 aliphatic rings. The lowest BCUT2D eigenvalue weighted by atomic mass is 10.0. The van der Waals surface area contributed by atoms with E-state index in [1.165, 1.54) is 0 Å². The molecule has 0 radical (unpaired) electrons. The van der Waals surface area contributed by atoms with Crippen molar-refractivity contribution in [2.24, 2.45) is 0 Å². The second-order valence-electron chi connectivity index (χ2n) is 3.98. The predicted molar refractivity (Wildman–Crippen MR) is 56.9 cm³/mol. The molecule has 17 heavy (non-hydrogen) atoms. The third-order valence-corrected chi connectivity index (χ3v) is 2.63. The van der Waals surface area contributed by atoms with E-state index in [0.29, 0.717) is 0 Å². The van der Waals surface area contributed by atoms with Crippen LogP contribution in [0.1, 0.15) is 0 Å². The molecule has 0 saturated carbocycles. The van der Waals surface area contributed by atoms with Crippen LogP contribution >= 0.6 is 0 Å². The average Bonchev–Trinajstić information content (AvgIpc) is 2.37. The number of nitrogens with one attached hydrogen (secondary N) is 3. The lowest BCUT2D eigenvalue weighted by Gasteiger charge is -2.32. The third-order valence-electron chi connectivity index (χ3n) is 2.63. The van der Waals surface area contributed by atoms with Crippen LogP contribution in [0.5, 0.6) is 0 Å². The Bertz CT molecular complexity index is 274. The average molecular weight is 247 g/mol. The van der Waals surface area contributed by atoms with Crippen LogP contribution < -0.4 is 16.0 Å².